The molecule has 3 rings (SSSR count). The van der Waals surface area contributed by atoms with Crippen molar-refractivity contribution in [3.05, 3.63) is 39.6 Å². The molecule has 0 atom stereocenters. The fraction of sp³-hybridized carbons (Fsp3) is 0.231. The lowest BCUT2D eigenvalue weighted by Crippen LogP contribution is -2.02. The summed E-state index contributed by atoms with van der Waals surface area (Å²) in [5.41, 5.74) is 0.720. The number of carbonyl (C=O) groups is 2. The van der Waals surface area contributed by atoms with Crippen LogP contribution in [0.4, 0.5) is 5.69 Å². The lowest BCUT2D eigenvalue weighted by molar-refractivity contribution is -0.383. The topological polar surface area (TPSA) is 93.1 Å². The van der Waals surface area contributed by atoms with Crippen molar-refractivity contribution < 1.29 is 14.5 Å². The van der Waals surface area contributed by atoms with Gasteiger partial charge in [-0.15, -0.1) is 0 Å². The van der Waals surface area contributed by atoms with E-state index in [0.717, 1.165) is 0 Å². The van der Waals surface area contributed by atoms with Crippen LogP contribution in [0.25, 0.3) is 10.9 Å². The smallest absolute Gasteiger partial charge is 0.279 e. The predicted molar refractivity (Wildman–Crippen MR) is 67.5 cm³/mol. The van der Waals surface area contributed by atoms with E-state index in [1.165, 1.54) is 12.1 Å². The minimum Gasteiger partial charge on any atom is -0.351 e. The van der Waals surface area contributed by atoms with Gasteiger partial charge in [-0.2, -0.15) is 0 Å². The van der Waals surface area contributed by atoms with Crippen molar-refractivity contribution in [1.82, 2.24) is 4.98 Å². The number of nitro groups is 1. The number of rotatable bonds is 1. The van der Waals surface area contributed by atoms with Gasteiger partial charge in [0.25, 0.3) is 5.69 Å². The number of nitrogens with one attached hydrogen (secondary N) is 1. The Morgan fingerprint density at radius 1 is 1.16 bits per heavy atom. The molecule has 0 unspecified atom stereocenters. The van der Waals surface area contributed by atoms with E-state index in [9.17, 15) is 19.7 Å². The first-order chi connectivity index (χ1) is 9.09. The number of ketones is 2. The van der Waals surface area contributed by atoms with Crippen LogP contribution in [0.15, 0.2) is 18.2 Å². The number of fused-ring (bicyclic) bond motifs is 3. The zero-order valence-electron chi connectivity index (χ0n) is 9.93. The number of benzene rings is 1. The Labute approximate surface area is 107 Å². The summed E-state index contributed by atoms with van der Waals surface area (Å²) in [4.78, 5) is 37.5. The van der Waals surface area contributed by atoms with Crippen molar-refractivity contribution in [3.63, 3.8) is 0 Å². The Morgan fingerprint density at radius 2 is 1.89 bits per heavy atom. The van der Waals surface area contributed by atoms with Crippen LogP contribution in [0.1, 0.15) is 40.1 Å². The summed E-state index contributed by atoms with van der Waals surface area (Å²) in [6.45, 7) is 0. The number of aromatic amines is 1. The molecule has 1 heterocycles. The Morgan fingerprint density at radius 3 is 2.63 bits per heavy atom. The third-order valence-corrected chi connectivity index (χ3v) is 3.36. The van der Waals surface area contributed by atoms with E-state index in [1.807, 2.05) is 0 Å². The average Bonchev–Trinajstić information content (AvgIpc) is 2.71. The number of carbonyl (C=O) groups excluding carboxylic acids is 2. The molecule has 0 saturated carbocycles. The number of hydrogen-bond donors (Lipinski definition) is 1. The summed E-state index contributed by atoms with van der Waals surface area (Å²) in [6.07, 6.45) is 1.03. The van der Waals surface area contributed by atoms with Crippen LogP contribution in [-0.4, -0.2) is 21.5 Å². The molecule has 1 aliphatic carbocycles. The van der Waals surface area contributed by atoms with Crippen LogP contribution in [-0.2, 0) is 0 Å². The number of aromatic nitrogens is 1. The van der Waals surface area contributed by atoms with Crippen molar-refractivity contribution in [1.29, 1.82) is 0 Å². The molecular formula is C13H10N2O4. The molecule has 6 nitrogen and oxygen atoms in total. The third-order valence-electron chi connectivity index (χ3n) is 3.36. The second kappa shape index (κ2) is 4.01. The van der Waals surface area contributed by atoms with E-state index in [2.05, 4.69) is 4.98 Å². The highest BCUT2D eigenvalue weighted by Gasteiger charge is 2.29. The standard InChI is InChI=1S/C13H10N2O4/c16-9-5-2-6-10(17)13-12(9)11-7(14-13)3-1-4-8(11)15(18)19/h1,3-4,14H,2,5-6H2. The zero-order valence-corrected chi connectivity index (χ0v) is 9.93. The summed E-state index contributed by atoms with van der Waals surface area (Å²) >= 11 is 0. The summed E-state index contributed by atoms with van der Waals surface area (Å²) in [5.74, 6) is -0.368. The fourth-order valence-electron chi connectivity index (χ4n) is 2.53. The highest BCUT2D eigenvalue weighted by atomic mass is 16.6. The molecule has 19 heavy (non-hydrogen) atoms. The van der Waals surface area contributed by atoms with Gasteiger partial charge in [0.1, 0.15) is 0 Å². The molecule has 1 N–H and O–H groups in total. The molecule has 1 aromatic heterocycles. The number of hydrogen-bond acceptors (Lipinski definition) is 4. The summed E-state index contributed by atoms with van der Waals surface area (Å²) in [7, 11) is 0. The second-order valence-electron chi connectivity index (χ2n) is 4.53. The SMILES string of the molecule is O=C1CCCC(=O)c2c1[nH]c1cccc([N+](=O)[O-])c21. The molecule has 1 aliphatic rings. The van der Waals surface area contributed by atoms with Crippen molar-refractivity contribution in [2.45, 2.75) is 19.3 Å². The Balaban J connectivity index is 2.43. The van der Waals surface area contributed by atoms with E-state index < -0.39 is 4.92 Å². The van der Waals surface area contributed by atoms with Crippen LogP contribution in [0.3, 0.4) is 0 Å². The Hall–Kier alpha value is -2.50. The average molecular weight is 258 g/mol. The van der Waals surface area contributed by atoms with Gasteiger partial charge < -0.3 is 4.98 Å². The fourth-order valence-corrected chi connectivity index (χ4v) is 2.53. The number of non-ortho nitro benzene ring substituents is 1. The minimum absolute atomic E-state index is 0.141. The summed E-state index contributed by atoms with van der Waals surface area (Å²) in [5, 5.41) is 11.3. The van der Waals surface area contributed by atoms with Crippen molar-refractivity contribution in [2.75, 3.05) is 0 Å². The molecule has 96 valence electrons. The molecule has 2 aromatic rings. The molecular weight excluding hydrogens is 248 g/mol. The molecule has 0 saturated heterocycles. The van der Waals surface area contributed by atoms with E-state index >= 15 is 0 Å². The van der Waals surface area contributed by atoms with Gasteiger partial charge in [-0.3, -0.25) is 19.7 Å². The lowest BCUT2D eigenvalue weighted by atomic mass is 10.0. The lowest BCUT2D eigenvalue weighted by Gasteiger charge is -1.98. The van der Waals surface area contributed by atoms with Crippen LogP contribution >= 0.6 is 0 Å². The van der Waals surface area contributed by atoms with E-state index in [1.54, 1.807) is 6.07 Å². The number of Topliss-reactive ketones (excluding diaryl/α,β-unsaturated/α-hetero) is 2. The van der Waals surface area contributed by atoms with Gasteiger partial charge in [0.15, 0.2) is 11.6 Å². The molecule has 0 bridgehead atoms. The predicted octanol–water partition coefficient (Wildman–Crippen LogP) is 2.63. The number of nitro benzene ring substituents is 1. The first kappa shape index (κ1) is 11.6. The van der Waals surface area contributed by atoms with Gasteiger partial charge in [0.05, 0.1) is 27.1 Å². The Kier molecular flexibility index (Phi) is 2.45. The van der Waals surface area contributed by atoms with Gasteiger partial charge in [0.2, 0.25) is 0 Å². The first-order valence-corrected chi connectivity index (χ1v) is 5.95. The van der Waals surface area contributed by atoms with Gasteiger partial charge in [-0.25, -0.2) is 0 Å². The molecule has 0 spiro atoms. The van der Waals surface area contributed by atoms with E-state index in [-0.39, 0.29) is 40.3 Å². The molecule has 0 aliphatic heterocycles. The van der Waals surface area contributed by atoms with E-state index in [4.69, 9.17) is 0 Å². The molecule has 0 radical (unpaired) electrons. The van der Waals surface area contributed by atoms with Gasteiger partial charge >= 0.3 is 0 Å². The summed E-state index contributed by atoms with van der Waals surface area (Å²) in [6, 6.07) is 4.52. The van der Waals surface area contributed by atoms with Gasteiger partial charge in [-0.1, -0.05) is 6.07 Å². The van der Waals surface area contributed by atoms with Crippen molar-refractivity contribution in [2.24, 2.45) is 0 Å². The van der Waals surface area contributed by atoms with Crippen LogP contribution in [0.5, 0.6) is 0 Å². The molecule has 0 fully saturated rings. The molecule has 0 amide bonds. The Bertz CT molecular complexity index is 730. The number of H-pyrrole nitrogens is 1. The maximum Gasteiger partial charge on any atom is 0.279 e. The highest BCUT2D eigenvalue weighted by Crippen LogP contribution is 2.34. The molecule has 6 heteroatoms. The van der Waals surface area contributed by atoms with Crippen LogP contribution in [0, 0.1) is 10.1 Å². The maximum atomic E-state index is 12.1. The normalized spacial score (nSPS) is 15.4. The van der Waals surface area contributed by atoms with Crippen LogP contribution in [0.2, 0.25) is 0 Å². The quantitative estimate of drug-likeness (QED) is 0.483. The monoisotopic (exact) mass is 258 g/mol. The van der Waals surface area contributed by atoms with Gasteiger partial charge in [0, 0.05) is 18.9 Å². The summed E-state index contributed by atoms with van der Waals surface area (Å²) < 4.78 is 0. The number of nitrogens with zero attached hydrogens (tertiary/aromatic N) is 1. The second-order valence-corrected chi connectivity index (χ2v) is 4.53. The largest absolute Gasteiger partial charge is 0.351 e. The minimum atomic E-state index is -0.529. The highest BCUT2D eigenvalue weighted by molar-refractivity contribution is 6.19. The first-order valence-electron chi connectivity index (χ1n) is 5.95. The molecule has 1 aromatic carbocycles. The van der Waals surface area contributed by atoms with Crippen LogP contribution < -0.4 is 0 Å². The zero-order chi connectivity index (χ0) is 13.6. The maximum absolute atomic E-state index is 12.1. The third kappa shape index (κ3) is 1.64. The van der Waals surface area contributed by atoms with Crippen molar-refractivity contribution >= 4 is 28.2 Å². The van der Waals surface area contributed by atoms with Gasteiger partial charge in [-0.05, 0) is 12.5 Å². The van der Waals surface area contributed by atoms with Crippen molar-refractivity contribution in [3.8, 4) is 0 Å². The van der Waals surface area contributed by atoms with E-state index in [0.29, 0.717) is 18.4 Å².